The Labute approximate surface area is 61.4 Å². The molecule has 0 rings (SSSR count). The van der Waals surface area contributed by atoms with Crippen LogP contribution in [0.15, 0.2) is 0 Å². The first kappa shape index (κ1) is 44.4. The Morgan fingerprint density at radius 1 is 0.750 bits per heavy atom. The van der Waals surface area contributed by atoms with Crippen molar-refractivity contribution in [1.29, 1.82) is 0 Å². The molecule has 0 aromatic carbocycles. The topological polar surface area (TPSA) is 0 Å². The van der Waals surface area contributed by atoms with Gasteiger partial charge in [-0.25, -0.2) is 0 Å². The number of rotatable bonds is 0. The molecule has 0 N–H and O–H groups in total. The van der Waals surface area contributed by atoms with Gasteiger partial charge in [0.25, 0.3) is 0 Å². The van der Waals surface area contributed by atoms with Gasteiger partial charge in [0.1, 0.15) is 0 Å². The fourth-order valence-corrected chi connectivity index (χ4v) is 0. The van der Waals surface area contributed by atoms with E-state index in [-0.39, 0.29) is 61.6 Å². The van der Waals surface area contributed by atoms with E-state index < -0.39 is 0 Å². The summed E-state index contributed by atoms with van der Waals surface area (Å²) >= 11 is 0. The molecule has 0 heterocycles. The Balaban J connectivity index is 0. The van der Waals surface area contributed by atoms with Crippen LogP contribution in [0.5, 0.6) is 0 Å². The fraction of sp³-hybridized carbons (Fsp3) is 0. The van der Waals surface area contributed by atoms with E-state index in [2.05, 4.69) is 0 Å². The smallest absolute Gasteiger partial charge is 1.00 e. The van der Waals surface area contributed by atoms with E-state index in [1.807, 2.05) is 0 Å². The molecule has 4 heavy (non-hydrogen) atoms. The molecular formula is H4Cl2HfSi. The van der Waals surface area contributed by atoms with Crippen molar-refractivity contribution in [3.8, 4) is 0 Å². The second kappa shape index (κ2) is 22.6. The van der Waals surface area contributed by atoms with Crippen LogP contribution >= 0.6 is 0 Å². The first-order valence-corrected chi connectivity index (χ1v) is 0. The van der Waals surface area contributed by atoms with Gasteiger partial charge in [-0.1, -0.05) is 0 Å². The standard InChI is InChI=1S/2ClH.Hf.H4Si/h2*1H;;1H4/q;;+2;/p-2. The molecule has 0 aliphatic rings. The van der Waals surface area contributed by atoms with Gasteiger partial charge in [0.15, 0.2) is 0 Å². The summed E-state index contributed by atoms with van der Waals surface area (Å²) in [5, 5.41) is 0. The van der Waals surface area contributed by atoms with Crippen LogP contribution in [-0.4, -0.2) is 11.0 Å². The molecule has 0 saturated carbocycles. The third-order valence-corrected chi connectivity index (χ3v) is 0. The number of halogens is 2. The van der Waals surface area contributed by atoms with E-state index in [0.29, 0.717) is 0 Å². The zero-order valence-electron chi connectivity index (χ0n) is 1.26. The zero-order valence-corrected chi connectivity index (χ0v) is 6.36. The maximum absolute atomic E-state index is 0. The molecule has 26 valence electrons. The first-order chi connectivity index (χ1) is 0. The maximum Gasteiger partial charge on any atom is 2.00 e. The SMILES string of the molecule is [Cl-].[Cl-].[Hf+2].[SiH4]. The van der Waals surface area contributed by atoms with E-state index in [4.69, 9.17) is 0 Å². The van der Waals surface area contributed by atoms with Gasteiger partial charge >= 0.3 is 25.8 Å². The van der Waals surface area contributed by atoms with Crippen molar-refractivity contribution in [2.75, 3.05) is 0 Å². The minimum atomic E-state index is 0. The van der Waals surface area contributed by atoms with Gasteiger partial charge in [-0.15, -0.1) is 0 Å². The van der Waals surface area contributed by atoms with Crippen molar-refractivity contribution in [2.45, 2.75) is 0 Å². The van der Waals surface area contributed by atoms with E-state index in [0.717, 1.165) is 0 Å². The maximum atomic E-state index is 0. The normalized spacial score (nSPS) is 0. The van der Waals surface area contributed by atoms with Crippen LogP contribution < -0.4 is 24.8 Å². The van der Waals surface area contributed by atoms with Crippen molar-refractivity contribution in [3.63, 3.8) is 0 Å². The van der Waals surface area contributed by atoms with E-state index in [1.54, 1.807) is 0 Å². The van der Waals surface area contributed by atoms with Crippen LogP contribution in [0.2, 0.25) is 0 Å². The Bertz CT molecular complexity index is 6.00. The van der Waals surface area contributed by atoms with E-state index in [9.17, 15) is 0 Å². The Morgan fingerprint density at radius 2 is 0.750 bits per heavy atom. The summed E-state index contributed by atoms with van der Waals surface area (Å²) in [7, 11) is 0. The average Bonchev–Trinajstić information content (AvgIpc) is 0. The fourth-order valence-electron chi connectivity index (χ4n) is 0. The summed E-state index contributed by atoms with van der Waals surface area (Å²) in [4.78, 5) is 0. The van der Waals surface area contributed by atoms with Crippen LogP contribution in [-0.2, 0) is 25.8 Å². The molecule has 0 aromatic heterocycles. The molecule has 0 bridgehead atoms. The van der Waals surface area contributed by atoms with Crippen molar-refractivity contribution in [3.05, 3.63) is 0 Å². The van der Waals surface area contributed by atoms with Crippen molar-refractivity contribution < 1.29 is 50.7 Å². The molecule has 0 nitrogen and oxygen atoms in total. The van der Waals surface area contributed by atoms with Crippen LogP contribution in [0.25, 0.3) is 0 Å². The molecule has 0 amide bonds. The molecule has 0 saturated heterocycles. The molecule has 0 fully saturated rings. The molecule has 0 aliphatic heterocycles. The molecule has 4 heteroatoms. The molecule has 0 spiro atoms. The predicted molar refractivity (Wildman–Crippen MR) is 11.3 cm³/mol. The average molecular weight is 282 g/mol. The summed E-state index contributed by atoms with van der Waals surface area (Å²) in [5.41, 5.74) is 0. The van der Waals surface area contributed by atoms with Gasteiger partial charge in [-0.05, 0) is 11.0 Å². The van der Waals surface area contributed by atoms with Crippen LogP contribution in [0, 0.1) is 0 Å². The van der Waals surface area contributed by atoms with Gasteiger partial charge in [-0.3, -0.25) is 0 Å². The number of hydrogen-bond donors (Lipinski definition) is 0. The van der Waals surface area contributed by atoms with Crippen LogP contribution in [0.3, 0.4) is 0 Å². The Hall–Kier alpha value is 1.67. The second-order valence-electron chi connectivity index (χ2n) is 0. The second-order valence-corrected chi connectivity index (χ2v) is 0. The Kier molecular flexibility index (Phi) is 251. The third-order valence-electron chi connectivity index (χ3n) is 0. The van der Waals surface area contributed by atoms with E-state index >= 15 is 0 Å². The van der Waals surface area contributed by atoms with Crippen molar-refractivity contribution >= 4 is 11.0 Å². The Morgan fingerprint density at radius 3 is 0.750 bits per heavy atom. The zero-order chi connectivity index (χ0) is 0. The van der Waals surface area contributed by atoms with Crippen LogP contribution in [0.1, 0.15) is 0 Å². The largest absolute Gasteiger partial charge is 2.00 e. The van der Waals surface area contributed by atoms with Gasteiger partial charge in [-0.2, -0.15) is 0 Å². The van der Waals surface area contributed by atoms with Gasteiger partial charge < -0.3 is 24.8 Å². The van der Waals surface area contributed by atoms with Gasteiger partial charge in [0, 0.05) is 0 Å². The molecule has 0 unspecified atom stereocenters. The van der Waals surface area contributed by atoms with Crippen LogP contribution in [0.4, 0.5) is 0 Å². The van der Waals surface area contributed by atoms with Gasteiger partial charge in [0.05, 0.1) is 0 Å². The molecule has 0 aliphatic carbocycles. The van der Waals surface area contributed by atoms with E-state index in [1.165, 1.54) is 0 Å². The molecular weight excluding hydrogens is 277 g/mol. The van der Waals surface area contributed by atoms with Gasteiger partial charge in [0.2, 0.25) is 0 Å². The predicted octanol–water partition coefficient (Wildman–Crippen LogP) is -7.45. The molecule has 0 radical (unpaired) electrons. The first-order valence-electron chi connectivity index (χ1n) is 0. The summed E-state index contributed by atoms with van der Waals surface area (Å²) in [6, 6.07) is 0. The summed E-state index contributed by atoms with van der Waals surface area (Å²) in [5.74, 6) is 0. The summed E-state index contributed by atoms with van der Waals surface area (Å²) < 4.78 is 0. The quantitative estimate of drug-likeness (QED) is 0.387. The van der Waals surface area contributed by atoms with Crippen molar-refractivity contribution in [2.24, 2.45) is 0 Å². The summed E-state index contributed by atoms with van der Waals surface area (Å²) in [6.07, 6.45) is 0. The minimum Gasteiger partial charge on any atom is -1.00 e. The van der Waals surface area contributed by atoms with Crippen molar-refractivity contribution in [1.82, 2.24) is 0 Å². The number of hydrogen-bond acceptors (Lipinski definition) is 0. The minimum absolute atomic E-state index is 0. The molecule has 0 aromatic rings. The third kappa shape index (κ3) is 9.39. The summed E-state index contributed by atoms with van der Waals surface area (Å²) in [6.45, 7) is 0. The molecule has 0 atom stereocenters. The monoisotopic (exact) mass is 282 g/mol.